The zero-order chi connectivity index (χ0) is 12.2. The van der Waals surface area contributed by atoms with Crippen LogP contribution in [0.3, 0.4) is 0 Å². The van der Waals surface area contributed by atoms with E-state index in [4.69, 9.17) is 4.52 Å². The van der Waals surface area contributed by atoms with Gasteiger partial charge in [-0.2, -0.15) is 0 Å². The number of rotatable bonds is 5. The molecule has 0 radical (unpaired) electrons. The summed E-state index contributed by atoms with van der Waals surface area (Å²) in [5, 5.41) is 0. The molecule has 0 aromatic carbocycles. The Hall–Kier alpha value is 0.150. The summed E-state index contributed by atoms with van der Waals surface area (Å²) < 4.78 is 17.6. The molecule has 1 aliphatic rings. The van der Waals surface area contributed by atoms with E-state index in [1.807, 2.05) is 6.92 Å². The smallest absolute Gasteiger partial charge is 0.205 e. The normalized spacial score (nSPS) is 22.2. The molecule has 1 saturated heterocycles. The van der Waals surface area contributed by atoms with Gasteiger partial charge in [0.2, 0.25) is 7.37 Å². The van der Waals surface area contributed by atoms with Crippen LogP contribution in [0.4, 0.5) is 0 Å². The fourth-order valence-electron chi connectivity index (χ4n) is 2.51. The molecule has 0 aromatic rings. The van der Waals surface area contributed by atoms with Crippen LogP contribution in [-0.2, 0) is 9.09 Å². The second-order valence-electron chi connectivity index (χ2n) is 5.23. The minimum absolute atomic E-state index is 0.242. The average Bonchev–Trinajstić information content (AvgIpc) is 2.18. The van der Waals surface area contributed by atoms with E-state index in [1.54, 1.807) is 0 Å². The van der Waals surface area contributed by atoms with E-state index in [1.165, 1.54) is 12.8 Å². The van der Waals surface area contributed by atoms with Gasteiger partial charge in [-0.25, -0.2) is 0 Å². The second-order valence-corrected chi connectivity index (χ2v) is 8.01. The van der Waals surface area contributed by atoms with Crippen LogP contribution >= 0.6 is 7.37 Å². The summed E-state index contributed by atoms with van der Waals surface area (Å²) in [4.78, 5) is 2.46. The van der Waals surface area contributed by atoms with Gasteiger partial charge in [0.25, 0.3) is 0 Å². The molecule has 4 heteroatoms. The fourth-order valence-corrected chi connectivity index (χ4v) is 4.55. The SMILES string of the molecule is CCCC(C)(C)N1CCP(=O)(OCC)CC1. The maximum absolute atomic E-state index is 12.2. The Balaban J connectivity index is 2.51. The first-order valence-corrected chi connectivity index (χ1v) is 8.41. The van der Waals surface area contributed by atoms with Crippen LogP contribution in [0, 0.1) is 0 Å². The molecule has 1 fully saturated rings. The molecule has 1 aliphatic heterocycles. The molecule has 16 heavy (non-hydrogen) atoms. The lowest BCUT2D eigenvalue weighted by Crippen LogP contribution is -2.49. The Bertz CT molecular complexity index is 254. The highest BCUT2D eigenvalue weighted by Gasteiger charge is 2.35. The Morgan fingerprint density at radius 3 is 2.25 bits per heavy atom. The Kier molecular flexibility index (Phi) is 5.03. The van der Waals surface area contributed by atoms with Crippen molar-refractivity contribution in [2.45, 2.75) is 46.1 Å². The maximum Gasteiger partial charge on any atom is 0.205 e. The summed E-state index contributed by atoms with van der Waals surface area (Å²) >= 11 is 0. The molecular weight excluding hydrogens is 221 g/mol. The Morgan fingerprint density at radius 1 is 1.25 bits per heavy atom. The first-order valence-electron chi connectivity index (χ1n) is 6.41. The van der Waals surface area contributed by atoms with Crippen molar-refractivity contribution >= 4 is 7.37 Å². The topological polar surface area (TPSA) is 29.5 Å². The van der Waals surface area contributed by atoms with E-state index >= 15 is 0 Å². The summed E-state index contributed by atoms with van der Waals surface area (Å²) in [7, 11) is -2.28. The van der Waals surface area contributed by atoms with E-state index in [0.717, 1.165) is 25.4 Å². The van der Waals surface area contributed by atoms with Crippen molar-refractivity contribution in [3.63, 3.8) is 0 Å². The summed E-state index contributed by atoms with van der Waals surface area (Å²) in [6.07, 6.45) is 3.86. The number of hydrogen-bond acceptors (Lipinski definition) is 3. The van der Waals surface area contributed by atoms with Crippen LogP contribution < -0.4 is 0 Å². The largest absolute Gasteiger partial charge is 0.329 e. The highest BCUT2D eigenvalue weighted by atomic mass is 31.2. The summed E-state index contributed by atoms with van der Waals surface area (Å²) in [6.45, 7) is 11.1. The van der Waals surface area contributed by atoms with E-state index in [2.05, 4.69) is 25.7 Å². The van der Waals surface area contributed by atoms with Crippen molar-refractivity contribution in [3.8, 4) is 0 Å². The minimum Gasteiger partial charge on any atom is -0.329 e. The molecule has 0 N–H and O–H groups in total. The standard InChI is InChI=1S/C12H26NO2P/c1-5-7-12(3,4)13-8-10-16(14,11-9-13)15-6-2/h5-11H2,1-4H3. The molecule has 1 rings (SSSR count). The van der Waals surface area contributed by atoms with Crippen molar-refractivity contribution < 1.29 is 9.09 Å². The van der Waals surface area contributed by atoms with Crippen molar-refractivity contribution in [2.75, 3.05) is 32.0 Å². The predicted octanol–water partition coefficient (Wildman–Crippen LogP) is 3.20. The zero-order valence-corrected chi connectivity index (χ0v) is 12.1. The highest BCUT2D eigenvalue weighted by molar-refractivity contribution is 7.59. The summed E-state index contributed by atoms with van der Waals surface area (Å²) in [5.41, 5.74) is 0.242. The first kappa shape index (κ1) is 14.2. The second kappa shape index (κ2) is 5.66. The zero-order valence-electron chi connectivity index (χ0n) is 11.2. The van der Waals surface area contributed by atoms with Crippen molar-refractivity contribution in [3.05, 3.63) is 0 Å². The molecule has 0 aliphatic carbocycles. The van der Waals surface area contributed by atoms with Gasteiger partial charge in [0.1, 0.15) is 0 Å². The van der Waals surface area contributed by atoms with Gasteiger partial charge in [0, 0.05) is 31.0 Å². The van der Waals surface area contributed by atoms with E-state index in [9.17, 15) is 4.57 Å². The van der Waals surface area contributed by atoms with Gasteiger partial charge in [-0.15, -0.1) is 0 Å². The molecule has 0 unspecified atom stereocenters. The third kappa shape index (κ3) is 3.58. The molecule has 96 valence electrons. The van der Waals surface area contributed by atoms with Crippen LogP contribution in [0.1, 0.15) is 40.5 Å². The van der Waals surface area contributed by atoms with Crippen molar-refractivity contribution in [1.82, 2.24) is 4.90 Å². The van der Waals surface area contributed by atoms with Crippen LogP contribution in [0.15, 0.2) is 0 Å². The van der Waals surface area contributed by atoms with Crippen molar-refractivity contribution in [2.24, 2.45) is 0 Å². The van der Waals surface area contributed by atoms with E-state index in [0.29, 0.717) is 6.61 Å². The quantitative estimate of drug-likeness (QED) is 0.699. The molecule has 0 amide bonds. The molecule has 1 heterocycles. The average molecular weight is 247 g/mol. The first-order chi connectivity index (χ1) is 7.43. The third-order valence-corrected chi connectivity index (χ3v) is 5.99. The van der Waals surface area contributed by atoms with Gasteiger partial charge in [0.15, 0.2) is 0 Å². The molecule has 0 saturated carbocycles. The van der Waals surface area contributed by atoms with E-state index < -0.39 is 7.37 Å². The number of hydrogen-bond donors (Lipinski definition) is 0. The monoisotopic (exact) mass is 247 g/mol. The molecule has 0 bridgehead atoms. The lowest BCUT2D eigenvalue weighted by Gasteiger charge is -2.42. The van der Waals surface area contributed by atoms with Crippen LogP contribution in [0.25, 0.3) is 0 Å². The third-order valence-electron chi connectivity index (χ3n) is 3.50. The number of nitrogens with zero attached hydrogens (tertiary/aromatic N) is 1. The van der Waals surface area contributed by atoms with Crippen LogP contribution in [-0.4, -0.2) is 42.5 Å². The molecule has 0 aromatic heterocycles. The van der Waals surface area contributed by atoms with Gasteiger partial charge in [-0.05, 0) is 27.2 Å². The highest BCUT2D eigenvalue weighted by Crippen LogP contribution is 2.49. The van der Waals surface area contributed by atoms with Gasteiger partial charge in [0.05, 0.1) is 6.61 Å². The van der Waals surface area contributed by atoms with Crippen LogP contribution in [0.2, 0.25) is 0 Å². The van der Waals surface area contributed by atoms with Crippen LogP contribution in [0.5, 0.6) is 0 Å². The van der Waals surface area contributed by atoms with Gasteiger partial charge in [-0.1, -0.05) is 13.3 Å². The van der Waals surface area contributed by atoms with Gasteiger partial charge >= 0.3 is 0 Å². The van der Waals surface area contributed by atoms with Crippen molar-refractivity contribution in [1.29, 1.82) is 0 Å². The molecule has 0 spiro atoms. The molecule has 3 nitrogen and oxygen atoms in total. The summed E-state index contributed by atoms with van der Waals surface area (Å²) in [6, 6.07) is 0. The molecular formula is C12H26NO2P. The fraction of sp³-hybridized carbons (Fsp3) is 1.00. The molecule has 0 atom stereocenters. The predicted molar refractivity (Wildman–Crippen MR) is 69.5 cm³/mol. The maximum atomic E-state index is 12.2. The minimum atomic E-state index is -2.28. The lowest BCUT2D eigenvalue weighted by molar-refractivity contribution is 0.117. The lowest BCUT2D eigenvalue weighted by atomic mass is 9.96. The summed E-state index contributed by atoms with van der Waals surface area (Å²) in [5.74, 6) is 0. The van der Waals surface area contributed by atoms with E-state index in [-0.39, 0.29) is 5.54 Å². The van der Waals surface area contributed by atoms with Gasteiger partial charge < -0.3 is 4.52 Å². The van der Waals surface area contributed by atoms with Gasteiger partial charge in [-0.3, -0.25) is 9.46 Å². The Labute approximate surface area is 100.0 Å². The Morgan fingerprint density at radius 2 is 1.81 bits per heavy atom.